The van der Waals surface area contributed by atoms with Crippen LogP contribution in [0.1, 0.15) is 5.56 Å². The van der Waals surface area contributed by atoms with Gasteiger partial charge in [-0.3, -0.25) is 5.32 Å². The van der Waals surface area contributed by atoms with Crippen LogP contribution in [0.5, 0.6) is 0 Å². The van der Waals surface area contributed by atoms with Gasteiger partial charge < -0.3 is 4.74 Å². The second-order valence-electron chi connectivity index (χ2n) is 4.02. The summed E-state index contributed by atoms with van der Waals surface area (Å²) in [6, 6.07) is 15.6. The number of carbonyl (C=O) groups excluding carboxylic acids is 1. The van der Waals surface area contributed by atoms with Crippen LogP contribution < -0.4 is 5.32 Å². The fraction of sp³-hybridized carbons (Fsp3) is 0.0625. The van der Waals surface area contributed by atoms with E-state index in [0.29, 0.717) is 0 Å². The zero-order chi connectivity index (χ0) is 14.2. The molecule has 102 valence electrons. The fourth-order valence-corrected chi connectivity index (χ4v) is 1.58. The molecule has 0 aliphatic carbocycles. The van der Waals surface area contributed by atoms with Crippen molar-refractivity contribution in [3.63, 3.8) is 0 Å². The molecule has 0 aromatic heterocycles. The molecule has 0 spiro atoms. The van der Waals surface area contributed by atoms with E-state index < -0.39 is 11.9 Å². The maximum absolute atomic E-state index is 13.3. The van der Waals surface area contributed by atoms with Crippen LogP contribution in [0.15, 0.2) is 60.7 Å². The minimum atomic E-state index is -0.687. The smallest absolute Gasteiger partial charge is 0.412 e. The highest BCUT2D eigenvalue weighted by atomic mass is 19.1. The van der Waals surface area contributed by atoms with Gasteiger partial charge in [-0.15, -0.1) is 0 Å². The topological polar surface area (TPSA) is 38.3 Å². The average molecular weight is 271 g/mol. The molecule has 2 aromatic carbocycles. The third-order valence-corrected chi connectivity index (χ3v) is 2.53. The van der Waals surface area contributed by atoms with Crippen LogP contribution in [0, 0.1) is 5.82 Å². The van der Waals surface area contributed by atoms with Crippen molar-refractivity contribution in [2.24, 2.45) is 0 Å². The highest BCUT2D eigenvalue weighted by Gasteiger charge is 2.05. The minimum absolute atomic E-state index is 0.101. The van der Waals surface area contributed by atoms with E-state index >= 15 is 0 Å². The number of benzene rings is 2. The lowest BCUT2D eigenvalue weighted by Crippen LogP contribution is -2.14. The monoisotopic (exact) mass is 271 g/mol. The summed E-state index contributed by atoms with van der Waals surface area (Å²) in [6.07, 6.45) is 2.87. The summed E-state index contributed by atoms with van der Waals surface area (Å²) in [7, 11) is 0. The lowest BCUT2D eigenvalue weighted by Gasteiger charge is -2.05. The number of nitrogens with one attached hydrogen (secondary N) is 1. The second-order valence-corrected chi connectivity index (χ2v) is 4.02. The van der Waals surface area contributed by atoms with Gasteiger partial charge in [-0.05, 0) is 23.8 Å². The van der Waals surface area contributed by atoms with Gasteiger partial charge in [-0.1, -0.05) is 48.5 Å². The van der Waals surface area contributed by atoms with Gasteiger partial charge in [-0.25, -0.2) is 9.18 Å². The van der Waals surface area contributed by atoms with Crippen molar-refractivity contribution in [3.05, 3.63) is 72.1 Å². The first-order valence-corrected chi connectivity index (χ1v) is 6.15. The summed E-state index contributed by atoms with van der Waals surface area (Å²) in [4.78, 5) is 11.4. The third kappa shape index (κ3) is 4.24. The lowest BCUT2D eigenvalue weighted by molar-refractivity contribution is 0.174. The Morgan fingerprint density at radius 1 is 1.10 bits per heavy atom. The predicted molar refractivity (Wildman–Crippen MR) is 76.8 cm³/mol. The molecule has 2 aromatic rings. The standard InChI is InChI=1S/C16H14FNO2/c17-14-10-4-5-11-15(14)18-16(19)20-12-6-9-13-7-2-1-3-8-13/h1-11H,12H2,(H,18,19). The van der Waals surface area contributed by atoms with Crippen molar-refractivity contribution in [2.75, 3.05) is 11.9 Å². The van der Waals surface area contributed by atoms with Crippen LogP contribution in [0.4, 0.5) is 14.9 Å². The summed E-state index contributed by atoms with van der Waals surface area (Å²) >= 11 is 0. The van der Waals surface area contributed by atoms with Gasteiger partial charge in [0.1, 0.15) is 12.4 Å². The van der Waals surface area contributed by atoms with Gasteiger partial charge in [0.05, 0.1) is 5.69 Å². The molecule has 1 N–H and O–H groups in total. The quantitative estimate of drug-likeness (QED) is 0.909. The predicted octanol–water partition coefficient (Wildman–Crippen LogP) is 4.09. The molecular formula is C16H14FNO2. The van der Waals surface area contributed by atoms with Gasteiger partial charge in [-0.2, -0.15) is 0 Å². The van der Waals surface area contributed by atoms with Gasteiger partial charge in [0.2, 0.25) is 0 Å². The fourth-order valence-electron chi connectivity index (χ4n) is 1.58. The van der Waals surface area contributed by atoms with Crippen LogP contribution >= 0.6 is 0 Å². The first-order chi connectivity index (χ1) is 9.75. The van der Waals surface area contributed by atoms with E-state index in [4.69, 9.17) is 4.74 Å². The van der Waals surface area contributed by atoms with E-state index in [-0.39, 0.29) is 12.3 Å². The first-order valence-electron chi connectivity index (χ1n) is 6.15. The Labute approximate surface area is 116 Å². The largest absolute Gasteiger partial charge is 0.445 e. The maximum Gasteiger partial charge on any atom is 0.412 e. The molecule has 0 aliphatic rings. The number of halogens is 1. The molecule has 0 unspecified atom stereocenters. The number of rotatable bonds is 4. The lowest BCUT2D eigenvalue weighted by atomic mass is 10.2. The summed E-state index contributed by atoms with van der Waals surface area (Å²) in [5.74, 6) is -0.496. The Bertz CT molecular complexity index is 596. The molecule has 0 saturated heterocycles. The molecule has 0 saturated carbocycles. The molecule has 3 nitrogen and oxygen atoms in total. The van der Waals surface area contributed by atoms with Gasteiger partial charge in [0.25, 0.3) is 0 Å². The summed E-state index contributed by atoms with van der Waals surface area (Å²) in [6.45, 7) is 0.120. The molecule has 0 heterocycles. The van der Waals surface area contributed by atoms with E-state index in [1.54, 1.807) is 18.2 Å². The normalized spacial score (nSPS) is 10.4. The third-order valence-electron chi connectivity index (χ3n) is 2.53. The summed E-state index contributed by atoms with van der Waals surface area (Å²) in [5.41, 5.74) is 1.12. The summed E-state index contributed by atoms with van der Waals surface area (Å²) in [5, 5.41) is 2.34. The van der Waals surface area contributed by atoms with Crippen LogP contribution in [0.2, 0.25) is 0 Å². The van der Waals surface area contributed by atoms with Crippen molar-refractivity contribution in [2.45, 2.75) is 0 Å². The highest BCUT2D eigenvalue weighted by Crippen LogP contribution is 2.12. The Morgan fingerprint density at radius 2 is 1.80 bits per heavy atom. The number of amides is 1. The molecule has 20 heavy (non-hydrogen) atoms. The molecule has 0 fully saturated rings. The van der Waals surface area contributed by atoms with Crippen molar-refractivity contribution in [1.82, 2.24) is 0 Å². The van der Waals surface area contributed by atoms with Crippen molar-refractivity contribution >= 4 is 17.9 Å². The molecule has 4 heteroatoms. The Morgan fingerprint density at radius 3 is 2.55 bits per heavy atom. The van der Waals surface area contributed by atoms with Crippen LogP contribution in [0.25, 0.3) is 6.08 Å². The highest BCUT2D eigenvalue weighted by molar-refractivity contribution is 5.84. The van der Waals surface area contributed by atoms with Gasteiger partial charge in [0, 0.05) is 0 Å². The van der Waals surface area contributed by atoms with E-state index in [1.807, 2.05) is 36.4 Å². The van der Waals surface area contributed by atoms with Crippen LogP contribution in [0.3, 0.4) is 0 Å². The number of hydrogen-bond acceptors (Lipinski definition) is 2. The maximum atomic E-state index is 13.3. The number of carbonyl (C=O) groups is 1. The second kappa shape index (κ2) is 7.09. The van der Waals surface area contributed by atoms with Gasteiger partial charge >= 0.3 is 6.09 Å². The molecule has 0 bridgehead atoms. The Balaban J connectivity index is 1.79. The SMILES string of the molecule is O=C(Nc1ccccc1F)OCC=Cc1ccccc1. The van der Waals surface area contributed by atoms with E-state index in [2.05, 4.69) is 5.32 Å². The van der Waals surface area contributed by atoms with Crippen LogP contribution in [-0.4, -0.2) is 12.7 Å². The number of anilines is 1. The van der Waals surface area contributed by atoms with Crippen molar-refractivity contribution in [3.8, 4) is 0 Å². The Kier molecular flexibility index (Phi) is 4.89. The average Bonchev–Trinajstić information content (AvgIpc) is 2.47. The van der Waals surface area contributed by atoms with Crippen molar-refractivity contribution in [1.29, 1.82) is 0 Å². The Hall–Kier alpha value is -2.62. The molecule has 1 amide bonds. The van der Waals surface area contributed by atoms with Crippen molar-refractivity contribution < 1.29 is 13.9 Å². The van der Waals surface area contributed by atoms with E-state index in [0.717, 1.165) is 5.56 Å². The van der Waals surface area contributed by atoms with E-state index in [9.17, 15) is 9.18 Å². The molecule has 0 radical (unpaired) electrons. The molecule has 0 atom stereocenters. The van der Waals surface area contributed by atoms with Gasteiger partial charge in [0.15, 0.2) is 0 Å². The number of ether oxygens (including phenoxy) is 1. The molecule has 0 aliphatic heterocycles. The zero-order valence-corrected chi connectivity index (χ0v) is 10.8. The molecular weight excluding hydrogens is 257 g/mol. The van der Waals surface area contributed by atoms with Crippen LogP contribution in [-0.2, 0) is 4.74 Å². The first kappa shape index (κ1) is 13.8. The zero-order valence-electron chi connectivity index (χ0n) is 10.8. The molecule has 2 rings (SSSR count). The number of para-hydroxylation sites is 1. The van der Waals surface area contributed by atoms with E-state index in [1.165, 1.54) is 12.1 Å². The summed E-state index contributed by atoms with van der Waals surface area (Å²) < 4.78 is 18.2. The minimum Gasteiger partial charge on any atom is -0.445 e. The number of hydrogen-bond donors (Lipinski definition) is 1.